The molecule has 0 aliphatic carbocycles. The summed E-state index contributed by atoms with van der Waals surface area (Å²) >= 11 is 5.38. The molecule has 6 nitrogen and oxygen atoms in total. The zero-order valence-corrected chi connectivity index (χ0v) is 12.6. The molecule has 110 valence electrons. The molecule has 0 aliphatic heterocycles. The molecule has 0 atom stereocenters. The van der Waals surface area contributed by atoms with E-state index in [-0.39, 0.29) is 16.2 Å². The Morgan fingerprint density at radius 2 is 1.95 bits per heavy atom. The molecule has 0 saturated heterocycles. The Morgan fingerprint density at radius 3 is 2.35 bits per heavy atom. The molecule has 20 heavy (non-hydrogen) atoms. The largest absolute Gasteiger partial charge is 0.288 e. The predicted molar refractivity (Wildman–Crippen MR) is 75.0 cm³/mol. The lowest BCUT2D eigenvalue weighted by Gasteiger charge is -2.09. The minimum Gasteiger partial charge on any atom is -0.276 e. The van der Waals surface area contributed by atoms with E-state index in [0.29, 0.717) is 18.4 Å². The smallest absolute Gasteiger partial charge is 0.276 e. The number of rotatable bonds is 6. The SMILES string of the molecule is CCCS(=O)(=O)c1cc(CC)c(C(=O)Cl)cc1[N+](=O)[O-]. The van der Waals surface area contributed by atoms with E-state index < -0.39 is 25.7 Å². The Labute approximate surface area is 121 Å². The van der Waals surface area contributed by atoms with Crippen LogP contribution in [0.1, 0.15) is 36.2 Å². The maximum Gasteiger partial charge on any atom is 0.288 e. The molecule has 0 spiro atoms. The molecule has 1 aromatic carbocycles. The van der Waals surface area contributed by atoms with Crippen molar-refractivity contribution in [3.8, 4) is 0 Å². The molecule has 0 saturated carbocycles. The number of nitro groups is 1. The molecule has 1 rings (SSSR count). The van der Waals surface area contributed by atoms with Gasteiger partial charge in [-0.3, -0.25) is 14.9 Å². The monoisotopic (exact) mass is 319 g/mol. The molecule has 8 heteroatoms. The standard InChI is InChI=1S/C12H14ClNO5S/c1-3-5-20(18,19)11-6-8(4-2)9(12(13)15)7-10(11)14(16)17/h6-7H,3-5H2,1-2H3. The fraction of sp³-hybridized carbons (Fsp3) is 0.417. The number of benzene rings is 1. The highest BCUT2D eigenvalue weighted by molar-refractivity contribution is 7.91. The Bertz CT molecular complexity index is 654. The van der Waals surface area contributed by atoms with Crippen molar-refractivity contribution in [2.45, 2.75) is 31.6 Å². The van der Waals surface area contributed by atoms with Crippen molar-refractivity contribution in [2.75, 3.05) is 5.75 Å². The first-order valence-electron chi connectivity index (χ1n) is 5.98. The zero-order chi connectivity index (χ0) is 15.5. The molecule has 0 aromatic heterocycles. The summed E-state index contributed by atoms with van der Waals surface area (Å²) in [7, 11) is -3.76. The summed E-state index contributed by atoms with van der Waals surface area (Å²) in [5.41, 5.74) is -0.263. The molecule has 0 bridgehead atoms. The summed E-state index contributed by atoms with van der Waals surface area (Å²) in [5, 5.41) is 10.2. The Morgan fingerprint density at radius 1 is 1.35 bits per heavy atom. The first-order chi connectivity index (χ1) is 9.24. The van der Waals surface area contributed by atoms with Gasteiger partial charge in [-0.05, 0) is 36.1 Å². The van der Waals surface area contributed by atoms with Gasteiger partial charge >= 0.3 is 0 Å². The molecule has 0 aliphatic rings. The van der Waals surface area contributed by atoms with Crippen molar-refractivity contribution in [1.82, 2.24) is 0 Å². The van der Waals surface area contributed by atoms with Gasteiger partial charge in [-0.15, -0.1) is 0 Å². The molecular weight excluding hydrogens is 306 g/mol. The topological polar surface area (TPSA) is 94.3 Å². The minimum atomic E-state index is -3.76. The average molecular weight is 320 g/mol. The van der Waals surface area contributed by atoms with Crippen molar-refractivity contribution in [3.05, 3.63) is 33.4 Å². The normalized spacial score (nSPS) is 11.3. The number of carbonyl (C=O) groups excluding carboxylic acids is 1. The van der Waals surface area contributed by atoms with E-state index in [2.05, 4.69) is 0 Å². The van der Waals surface area contributed by atoms with E-state index in [9.17, 15) is 23.3 Å². The third kappa shape index (κ3) is 3.34. The van der Waals surface area contributed by atoms with E-state index in [4.69, 9.17) is 11.6 Å². The maximum atomic E-state index is 12.1. The van der Waals surface area contributed by atoms with Gasteiger partial charge in [0.1, 0.15) is 4.90 Å². The number of hydrogen-bond acceptors (Lipinski definition) is 5. The van der Waals surface area contributed by atoms with Gasteiger partial charge in [0, 0.05) is 11.6 Å². The first kappa shape index (κ1) is 16.6. The van der Waals surface area contributed by atoms with Crippen LogP contribution in [0.4, 0.5) is 5.69 Å². The van der Waals surface area contributed by atoms with Gasteiger partial charge in [0.25, 0.3) is 10.9 Å². The summed E-state index contributed by atoms with van der Waals surface area (Å²) in [6.45, 7) is 3.38. The fourth-order valence-electron chi connectivity index (χ4n) is 1.86. The van der Waals surface area contributed by atoms with Crippen LogP contribution in [-0.4, -0.2) is 24.3 Å². The van der Waals surface area contributed by atoms with Crippen LogP contribution < -0.4 is 0 Å². The highest BCUT2D eigenvalue weighted by Crippen LogP contribution is 2.30. The Kier molecular flexibility index (Phi) is 5.24. The van der Waals surface area contributed by atoms with Crippen molar-refractivity contribution < 1.29 is 18.1 Å². The molecule has 0 N–H and O–H groups in total. The zero-order valence-electron chi connectivity index (χ0n) is 11.1. The van der Waals surface area contributed by atoms with E-state index in [0.717, 1.165) is 6.07 Å². The summed E-state index contributed by atoms with van der Waals surface area (Å²) in [6.07, 6.45) is 0.692. The van der Waals surface area contributed by atoms with Crippen LogP contribution >= 0.6 is 11.6 Å². The number of sulfone groups is 1. The number of aryl methyl sites for hydroxylation is 1. The van der Waals surface area contributed by atoms with E-state index in [1.54, 1.807) is 13.8 Å². The second kappa shape index (κ2) is 6.32. The molecule has 0 unspecified atom stereocenters. The summed E-state index contributed by atoms with van der Waals surface area (Å²) in [6, 6.07) is 2.12. The van der Waals surface area contributed by atoms with Crippen LogP contribution in [0.25, 0.3) is 0 Å². The first-order valence-corrected chi connectivity index (χ1v) is 8.01. The van der Waals surface area contributed by atoms with Crippen molar-refractivity contribution in [2.24, 2.45) is 0 Å². The van der Waals surface area contributed by atoms with Gasteiger partial charge in [-0.25, -0.2) is 8.42 Å². The lowest BCUT2D eigenvalue weighted by molar-refractivity contribution is -0.387. The van der Waals surface area contributed by atoms with Crippen molar-refractivity contribution in [1.29, 1.82) is 0 Å². The highest BCUT2D eigenvalue weighted by atomic mass is 35.5. The van der Waals surface area contributed by atoms with Crippen LogP contribution in [-0.2, 0) is 16.3 Å². The summed E-state index contributed by atoms with van der Waals surface area (Å²) < 4.78 is 24.2. The van der Waals surface area contributed by atoms with Crippen LogP contribution in [0.2, 0.25) is 0 Å². The Balaban J connectivity index is 3.67. The number of halogens is 1. The van der Waals surface area contributed by atoms with Gasteiger partial charge in [0.15, 0.2) is 9.84 Å². The van der Waals surface area contributed by atoms with Gasteiger partial charge < -0.3 is 0 Å². The van der Waals surface area contributed by atoms with E-state index in [1.165, 1.54) is 6.07 Å². The minimum absolute atomic E-state index is 0.0312. The molecule has 0 amide bonds. The highest BCUT2D eigenvalue weighted by Gasteiger charge is 2.28. The molecule has 1 aromatic rings. The van der Waals surface area contributed by atoms with Crippen LogP contribution in [0.3, 0.4) is 0 Å². The maximum absolute atomic E-state index is 12.1. The van der Waals surface area contributed by atoms with Crippen molar-refractivity contribution >= 4 is 32.4 Å². The van der Waals surface area contributed by atoms with E-state index in [1.807, 2.05) is 0 Å². The second-order valence-corrected chi connectivity index (χ2v) is 6.60. The average Bonchev–Trinajstić information content (AvgIpc) is 2.36. The van der Waals surface area contributed by atoms with Gasteiger partial charge in [-0.1, -0.05) is 13.8 Å². The summed E-state index contributed by atoms with van der Waals surface area (Å²) in [4.78, 5) is 21.1. The summed E-state index contributed by atoms with van der Waals surface area (Å²) in [5.74, 6) is -0.189. The molecule has 0 heterocycles. The number of hydrogen-bond donors (Lipinski definition) is 0. The van der Waals surface area contributed by atoms with Gasteiger partial charge in [0.05, 0.1) is 10.7 Å². The van der Waals surface area contributed by atoms with Crippen LogP contribution in [0.5, 0.6) is 0 Å². The van der Waals surface area contributed by atoms with Gasteiger partial charge in [-0.2, -0.15) is 0 Å². The molecule has 0 radical (unpaired) electrons. The van der Waals surface area contributed by atoms with Crippen LogP contribution in [0.15, 0.2) is 17.0 Å². The molecule has 0 fully saturated rings. The fourth-order valence-corrected chi connectivity index (χ4v) is 3.56. The number of nitrogens with zero attached hydrogens (tertiary/aromatic N) is 1. The lowest BCUT2D eigenvalue weighted by Crippen LogP contribution is -2.11. The number of nitro benzene ring substituents is 1. The van der Waals surface area contributed by atoms with Crippen LogP contribution in [0, 0.1) is 10.1 Å². The van der Waals surface area contributed by atoms with E-state index >= 15 is 0 Å². The quantitative estimate of drug-likeness (QED) is 0.456. The number of carbonyl (C=O) groups is 1. The van der Waals surface area contributed by atoms with Crippen molar-refractivity contribution in [3.63, 3.8) is 0 Å². The molecular formula is C12H14ClNO5S. The lowest BCUT2D eigenvalue weighted by atomic mass is 10.1. The van der Waals surface area contributed by atoms with Gasteiger partial charge in [0.2, 0.25) is 0 Å². The third-order valence-corrected chi connectivity index (χ3v) is 4.93. The Hall–Kier alpha value is -1.47. The third-order valence-electron chi connectivity index (χ3n) is 2.78. The predicted octanol–water partition coefficient (Wildman–Crippen LogP) is 2.72. The second-order valence-electron chi connectivity index (χ2n) is 4.18.